The van der Waals surface area contributed by atoms with Crippen LogP contribution in [0, 0.1) is 5.82 Å². The van der Waals surface area contributed by atoms with Gasteiger partial charge in [0.2, 0.25) is 0 Å². The average Bonchev–Trinajstić information content (AvgIpc) is 2.73. The van der Waals surface area contributed by atoms with Crippen LogP contribution in [-0.4, -0.2) is 36.1 Å². The predicted octanol–water partition coefficient (Wildman–Crippen LogP) is 4.57. The second-order valence-corrected chi connectivity index (χ2v) is 7.40. The highest BCUT2D eigenvalue weighted by atomic mass is 35.5. The molecule has 1 aliphatic heterocycles. The summed E-state index contributed by atoms with van der Waals surface area (Å²) in [5.74, 6) is 0.872. The first kappa shape index (κ1) is 19.5. The Bertz CT molecular complexity index is 1020. The number of piperazine rings is 1. The molecule has 2 heterocycles. The molecule has 9 heteroatoms. The predicted molar refractivity (Wildman–Crippen MR) is 117 cm³/mol. The molecule has 0 amide bonds. The lowest BCUT2D eigenvalue weighted by atomic mass is 10.2. The fourth-order valence-electron chi connectivity index (χ4n) is 3.33. The molecular formula is C20H19Cl2FN6. The molecule has 4 rings (SSSR count). The molecule has 6 nitrogen and oxygen atoms in total. The summed E-state index contributed by atoms with van der Waals surface area (Å²) in [4.78, 5) is 12.7. The summed E-state index contributed by atoms with van der Waals surface area (Å²) < 4.78 is 14.1. The number of halogens is 3. The van der Waals surface area contributed by atoms with Gasteiger partial charge in [-0.2, -0.15) is 0 Å². The van der Waals surface area contributed by atoms with Crippen molar-refractivity contribution in [3.63, 3.8) is 0 Å². The van der Waals surface area contributed by atoms with E-state index >= 15 is 0 Å². The fraction of sp³-hybridized carbons (Fsp3) is 0.200. The molecule has 0 unspecified atom stereocenters. The van der Waals surface area contributed by atoms with Crippen molar-refractivity contribution in [3.8, 4) is 0 Å². The summed E-state index contributed by atoms with van der Waals surface area (Å²) in [7, 11) is 0. The number of hydrogen-bond acceptors (Lipinski definition) is 6. The molecule has 0 aliphatic carbocycles. The molecule has 0 atom stereocenters. The maximum absolute atomic E-state index is 14.1. The van der Waals surface area contributed by atoms with E-state index in [2.05, 4.69) is 20.2 Å². The quantitative estimate of drug-likeness (QED) is 0.628. The smallest absolute Gasteiger partial charge is 0.159 e. The highest BCUT2D eigenvalue weighted by Crippen LogP contribution is 2.35. The van der Waals surface area contributed by atoms with Gasteiger partial charge in [0.15, 0.2) is 11.6 Å². The summed E-state index contributed by atoms with van der Waals surface area (Å²) in [6.45, 7) is 2.64. The van der Waals surface area contributed by atoms with Crippen LogP contribution in [0.4, 0.5) is 33.1 Å². The third-order valence-electron chi connectivity index (χ3n) is 4.84. The Hall–Kier alpha value is -2.77. The Morgan fingerprint density at radius 3 is 2.41 bits per heavy atom. The topological polar surface area (TPSA) is 70.3 Å². The third-order valence-corrected chi connectivity index (χ3v) is 5.66. The lowest BCUT2D eigenvalue weighted by molar-refractivity contribution is 0.596. The molecule has 0 saturated carbocycles. The van der Waals surface area contributed by atoms with Crippen LogP contribution in [-0.2, 0) is 0 Å². The van der Waals surface area contributed by atoms with Crippen LogP contribution in [0.1, 0.15) is 0 Å². The van der Waals surface area contributed by atoms with Crippen LogP contribution in [0.2, 0.25) is 10.0 Å². The fourth-order valence-corrected chi connectivity index (χ4v) is 3.68. The van der Waals surface area contributed by atoms with Gasteiger partial charge in [-0.1, -0.05) is 41.4 Å². The summed E-state index contributed by atoms with van der Waals surface area (Å²) in [5.41, 5.74) is 7.98. The lowest BCUT2D eigenvalue weighted by Crippen LogP contribution is -2.47. The van der Waals surface area contributed by atoms with Crippen LogP contribution in [0.5, 0.6) is 0 Å². The van der Waals surface area contributed by atoms with E-state index in [9.17, 15) is 4.39 Å². The van der Waals surface area contributed by atoms with E-state index in [1.165, 1.54) is 12.4 Å². The van der Waals surface area contributed by atoms with Crippen molar-refractivity contribution < 1.29 is 4.39 Å². The maximum Gasteiger partial charge on any atom is 0.159 e. The van der Waals surface area contributed by atoms with Gasteiger partial charge in [0.25, 0.3) is 0 Å². The van der Waals surface area contributed by atoms with E-state index in [0.29, 0.717) is 64.9 Å². The summed E-state index contributed by atoms with van der Waals surface area (Å²) in [6, 6.07) is 12.1. The van der Waals surface area contributed by atoms with Crippen molar-refractivity contribution >= 4 is 51.9 Å². The Balaban J connectivity index is 1.51. The van der Waals surface area contributed by atoms with Gasteiger partial charge in [-0.15, -0.1) is 0 Å². The summed E-state index contributed by atoms with van der Waals surface area (Å²) in [5, 5.41) is 3.96. The van der Waals surface area contributed by atoms with Crippen LogP contribution < -0.4 is 20.9 Å². The van der Waals surface area contributed by atoms with Gasteiger partial charge in [-0.05, 0) is 24.3 Å². The SMILES string of the molecule is Nc1c(Nc2cccc(Cl)c2Cl)ncnc1N1CCN(c2ccccc2F)CC1. The van der Waals surface area contributed by atoms with Crippen molar-refractivity contribution in [2.24, 2.45) is 0 Å². The second kappa shape index (κ2) is 8.31. The molecule has 3 N–H and O–H groups in total. The minimum absolute atomic E-state index is 0.215. The van der Waals surface area contributed by atoms with Gasteiger partial charge < -0.3 is 20.9 Å². The average molecular weight is 433 g/mol. The summed E-state index contributed by atoms with van der Waals surface area (Å²) in [6.07, 6.45) is 1.45. The maximum atomic E-state index is 14.1. The molecule has 0 radical (unpaired) electrons. The van der Waals surface area contributed by atoms with E-state index < -0.39 is 0 Å². The molecule has 29 heavy (non-hydrogen) atoms. The monoisotopic (exact) mass is 432 g/mol. The van der Waals surface area contributed by atoms with Gasteiger partial charge in [0.1, 0.15) is 17.8 Å². The second-order valence-electron chi connectivity index (χ2n) is 6.61. The Labute approximate surface area is 178 Å². The molecule has 1 saturated heterocycles. The van der Waals surface area contributed by atoms with Crippen LogP contribution in [0.25, 0.3) is 0 Å². The molecule has 150 valence electrons. The van der Waals surface area contributed by atoms with Gasteiger partial charge in [0, 0.05) is 26.2 Å². The van der Waals surface area contributed by atoms with E-state index in [4.69, 9.17) is 28.9 Å². The first-order valence-electron chi connectivity index (χ1n) is 9.10. The zero-order valence-electron chi connectivity index (χ0n) is 15.4. The number of aromatic nitrogens is 2. The van der Waals surface area contributed by atoms with Gasteiger partial charge >= 0.3 is 0 Å². The van der Waals surface area contributed by atoms with Crippen molar-refractivity contribution in [1.29, 1.82) is 0 Å². The standard InChI is InChI=1S/C20H19Cl2FN6/c21-13-4-3-6-15(17(13)22)27-19-18(24)20(26-12-25-19)29-10-8-28(9-11-29)16-7-2-1-5-14(16)23/h1-7,12H,8-11,24H2,(H,25,26,27). The molecule has 1 fully saturated rings. The number of nitrogen functional groups attached to an aromatic ring is 1. The molecule has 2 aromatic carbocycles. The molecule has 1 aliphatic rings. The van der Waals surface area contributed by atoms with E-state index in [0.717, 1.165) is 0 Å². The highest BCUT2D eigenvalue weighted by molar-refractivity contribution is 6.43. The van der Waals surface area contributed by atoms with Crippen molar-refractivity contribution in [2.75, 3.05) is 47.0 Å². The number of rotatable bonds is 4. The van der Waals surface area contributed by atoms with E-state index in [1.54, 1.807) is 30.3 Å². The number of benzene rings is 2. The normalized spacial score (nSPS) is 14.2. The molecule has 0 bridgehead atoms. The van der Waals surface area contributed by atoms with Crippen LogP contribution in [0.3, 0.4) is 0 Å². The Kier molecular flexibility index (Phi) is 5.60. The van der Waals surface area contributed by atoms with Crippen LogP contribution in [0.15, 0.2) is 48.8 Å². The first-order valence-corrected chi connectivity index (χ1v) is 9.86. The van der Waals surface area contributed by atoms with Crippen molar-refractivity contribution in [3.05, 3.63) is 64.7 Å². The highest BCUT2D eigenvalue weighted by Gasteiger charge is 2.23. The lowest BCUT2D eigenvalue weighted by Gasteiger charge is -2.37. The molecule has 1 aromatic heterocycles. The number of hydrogen-bond donors (Lipinski definition) is 2. The van der Waals surface area contributed by atoms with Crippen molar-refractivity contribution in [2.45, 2.75) is 0 Å². The number of nitrogens with two attached hydrogens (primary N) is 1. The zero-order valence-corrected chi connectivity index (χ0v) is 17.0. The third kappa shape index (κ3) is 4.02. The van der Waals surface area contributed by atoms with Crippen LogP contribution >= 0.6 is 23.2 Å². The van der Waals surface area contributed by atoms with Gasteiger partial charge in [-0.25, -0.2) is 14.4 Å². The number of para-hydroxylation sites is 1. The Morgan fingerprint density at radius 1 is 0.931 bits per heavy atom. The first-order chi connectivity index (χ1) is 14.0. The Morgan fingerprint density at radius 2 is 1.66 bits per heavy atom. The zero-order chi connectivity index (χ0) is 20.4. The molecule has 0 spiro atoms. The van der Waals surface area contributed by atoms with E-state index in [-0.39, 0.29) is 5.82 Å². The number of nitrogens with zero attached hydrogens (tertiary/aromatic N) is 4. The largest absolute Gasteiger partial charge is 0.393 e. The summed E-state index contributed by atoms with van der Waals surface area (Å²) >= 11 is 12.3. The molecular weight excluding hydrogens is 414 g/mol. The van der Waals surface area contributed by atoms with Crippen molar-refractivity contribution in [1.82, 2.24) is 9.97 Å². The van der Waals surface area contributed by atoms with E-state index in [1.807, 2.05) is 11.0 Å². The number of anilines is 5. The number of nitrogens with one attached hydrogen (secondary N) is 1. The van der Waals surface area contributed by atoms with Gasteiger partial charge in [0.05, 0.1) is 21.4 Å². The van der Waals surface area contributed by atoms with Gasteiger partial charge in [-0.3, -0.25) is 0 Å². The minimum Gasteiger partial charge on any atom is -0.393 e. The molecule has 3 aromatic rings. The minimum atomic E-state index is -0.215.